The Hall–Kier alpha value is -2.77. The molecule has 7 nitrogen and oxygen atoms in total. The molecule has 2 aliphatic heterocycles. The Bertz CT molecular complexity index is 1140. The van der Waals surface area contributed by atoms with Gasteiger partial charge in [-0.05, 0) is 49.8 Å². The summed E-state index contributed by atoms with van der Waals surface area (Å²) in [4.78, 5) is 39.0. The van der Waals surface area contributed by atoms with Gasteiger partial charge < -0.3 is 20.2 Å². The number of carboxylic acid groups (broad SMARTS) is 2. The Morgan fingerprint density at radius 3 is 2.26 bits per heavy atom. The lowest BCUT2D eigenvalue weighted by Gasteiger charge is -2.33. The van der Waals surface area contributed by atoms with Crippen LogP contribution < -0.4 is 4.90 Å². The Labute approximate surface area is 187 Å². The van der Waals surface area contributed by atoms with Crippen LogP contribution in [-0.4, -0.2) is 46.1 Å². The minimum Gasteiger partial charge on any atom is -0.507 e. The first-order valence-electron chi connectivity index (χ1n) is 9.88. The van der Waals surface area contributed by atoms with Gasteiger partial charge in [0.15, 0.2) is 5.78 Å². The summed E-state index contributed by atoms with van der Waals surface area (Å²) < 4.78 is 0. The predicted octanol–water partition coefficient (Wildman–Crippen LogP) is 4.42. The van der Waals surface area contributed by atoms with Gasteiger partial charge in [0.05, 0.1) is 32.3 Å². The van der Waals surface area contributed by atoms with E-state index in [0.29, 0.717) is 12.0 Å². The molecule has 162 valence electrons. The third kappa shape index (κ3) is 3.51. The van der Waals surface area contributed by atoms with E-state index in [1.807, 2.05) is 0 Å². The van der Waals surface area contributed by atoms with Crippen molar-refractivity contribution in [3.63, 3.8) is 0 Å². The molecule has 0 unspecified atom stereocenters. The minimum atomic E-state index is -1.58. The summed E-state index contributed by atoms with van der Waals surface area (Å²) in [6, 6.07) is 2.55. The minimum absolute atomic E-state index is 0.0546. The van der Waals surface area contributed by atoms with E-state index in [-0.39, 0.29) is 16.3 Å². The van der Waals surface area contributed by atoms with Gasteiger partial charge in [-0.3, -0.25) is 4.79 Å². The number of phenolic OH excluding ortho intramolecular Hbond substituents is 1. The number of phenols is 1. The van der Waals surface area contributed by atoms with Gasteiger partial charge in [0.25, 0.3) is 0 Å². The third-order valence-electron chi connectivity index (χ3n) is 5.88. The van der Waals surface area contributed by atoms with Crippen LogP contribution in [0, 0.1) is 0 Å². The zero-order chi connectivity index (χ0) is 22.4. The molecule has 31 heavy (non-hydrogen) atoms. The molecule has 3 N–H and O–H groups in total. The molecule has 2 aromatic rings. The van der Waals surface area contributed by atoms with Crippen LogP contribution in [0.1, 0.15) is 67.0 Å². The van der Waals surface area contributed by atoms with E-state index in [0.717, 1.165) is 56.1 Å². The number of anilines is 1. The first kappa shape index (κ1) is 21.5. The van der Waals surface area contributed by atoms with Crippen molar-refractivity contribution in [3.8, 4) is 5.75 Å². The zero-order valence-corrected chi connectivity index (χ0v) is 17.9. The second-order valence-corrected chi connectivity index (χ2v) is 8.50. The first-order valence-corrected chi connectivity index (χ1v) is 10.6. The summed E-state index contributed by atoms with van der Waals surface area (Å²) in [5, 5.41) is 29.0. The highest BCUT2D eigenvalue weighted by atomic mass is 35.5. The summed E-state index contributed by atoms with van der Waals surface area (Å²) in [6.45, 7) is 1.77. The van der Waals surface area contributed by atoms with E-state index in [2.05, 4.69) is 4.90 Å². The second kappa shape index (κ2) is 8.05. The molecule has 0 bridgehead atoms. The number of rotatable bonds is 4. The SMILES string of the molecule is O=C(O)c1cc(Cl)c(C(=O)c2cc3c4c(c2O)CCCN4CCCC3)c(C(=O)O)c1Cl. The standard InChI is InChI=1S/C22H19Cl2NO6/c23-14-9-12(21(28)29)17(24)16(22(30)31)15(14)20(27)13-8-10-4-1-2-6-25-7-3-5-11(18(10)25)19(13)26/h8-9,26H,1-7H2,(H,28,29)(H,30,31). The van der Waals surface area contributed by atoms with Gasteiger partial charge in [-0.1, -0.05) is 23.2 Å². The fraction of sp³-hybridized carbons (Fsp3) is 0.318. The van der Waals surface area contributed by atoms with Crippen molar-refractivity contribution in [3.05, 3.63) is 55.6 Å². The first-order chi connectivity index (χ1) is 14.7. The molecule has 0 radical (unpaired) electrons. The fourth-order valence-electron chi connectivity index (χ4n) is 4.51. The molecule has 0 amide bonds. The molecule has 2 heterocycles. The average Bonchev–Trinajstić information content (AvgIpc) is 2.93. The maximum absolute atomic E-state index is 13.5. The van der Waals surface area contributed by atoms with Crippen LogP contribution in [0.5, 0.6) is 5.75 Å². The van der Waals surface area contributed by atoms with E-state index in [4.69, 9.17) is 23.2 Å². The van der Waals surface area contributed by atoms with Gasteiger partial charge in [-0.15, -0.1) is 0 Å². The Morgan fingerprint density at radius 1 is 0.871 bits per heavy atom. The lowest BCUT2D eigenvalue weighted by molar-refractivity contribution is 0.0693. The number of hydrogen-bond donors (Lipinski definition) is 3. The Kier molecular flexibility index (Phi) is 5.58. The topological polar surface area (TPSA) is 115 Å². The Morgan fingerprint density at radius 2 is 1.58 bits per heavy atom. The van der Waals surface area contributed by atoms with Crippen molar-refractivity contribution in [2.75, 3.05) is 18.0 Å². The van der Waals surface area contributed by atoms with Gasteiger partial charge in [-0.2, -0.15) is 0 Å². The lowest BCUT2D eigenvalue weighted by Crippen LogP contribution is -2.30. The van der Waals surface area contributed by atoms with Gasteiger partial charge in [0, 0.05) is 24.3 Å². The van der Waals surface area contributed by atoms with E-state index in [1.54, 1.807) is 6.07 Å². The zero-order valence-electron chi connectivity index (χ0n) is 16.4. The van der Waals surface area contributed by atoms with Crippen molar-refractivity contribution in [2.45, 2.75) is 32.1 Å². The summed E-state index contributed by atoms with van der Waals surface area (Å²) >= 11 is 12.2. The van der Waals surface area contributed by atoms with Crippen LogP contribution in [0.2, 0.25) is 10.0 Å². The maximum Gasteiger partial charge on any atom is 0.338 e. The van der Waals surface area contributed by atoms with Gasteiger partial charge in [-0.25, -0.2) is 9.59 Å². The molecule has 0 spiro atoms. The average molecular weight is 464 g/mol. The molecule has 0 saturated carbocycles. The number of ketones is 1. The predicted molar refractivity (Wildman–Crippen MR) is 115 cm³/mol. The molecule has 0 aliphatic carbocycles. The summed E-state index contributed by atoms with van der Waals surface area (Å²) in [5.74, 6) is -4.05. The third-order valence-corrected chi connectivity index (χ3v) is 6.57. The van der Waals surface area contributed by atoms with Crippen LogP contribution in [0.15, 0.2) is 12.1 Å². The van der Waals surface area contributed by atoms with Crippen molar-refractivity contribution in [1.82, 2.24) is 0 Å². The Balaban J connectivity index is 1.94. The largest absolute Gasteiger partial charge is 0.507 e. The number of aromatic hydroxyl groups is 1. The molecule has 9 heteroatoms. The van der Waals surface area contributed by atoms with Crippen LogP contribution in [-0.2, 0) is 12.8 Å². The van der Waals surface area contributed by atoms with Crippen LogP contribution >= 0.6 is 23.2 Å². The van der Waals surface area contributed by atoms with E-state index in [9.17, 15) is 29.7 Å². The van der Waals surface area contributed by atoms with Crippen molar-refractivity contribution in [2.24, 2.45) is 0 Å². The fourth-order valence-corrected chi connectivity index (χ4v) is 5.11. The van der Waals surface area contributed by atoms with Crippen molar-refractivity contribution >= 4 is 46.6 Å². The highest BCUT2D eigenvalue weighted by molar-refractivity contribution is 6.41. The van der Waals surface area contributed by atoms with Gasteiger partial charge >= 0.3 is 11.9 Å². The molecule has 0 aromatic heterocycles. The van der Waals surface area contributed by atoms with Crippen LogP contribution in [0.4, 0.5) is 5.69 Å². The number of aromatic carboxylic acids is 2. The number of carboxylic acids is 2. The lowest BCUT2D eigenvalue weighted by atomic mass is 9.88. The summed E-state index contributed by atoms with van der Waals surface area (Å²) in [7, 11) is 0. The molecular formula is C22H19Cl2NO6. The molecule has 0 fully saturated rings. The van der Waals surface area contributed by atoms with Crippen LogP contribution in [0.3, 0.4) is 0 Å². The molecular weight excluding hydrogens is 445 g/mol. The molecule has 0 saturated heterocycles. The molecule has 2 aliphatic rings. The number of carbonyl (C=O) groups excluding carboxylic acids is 1. The van der Waals surface area contributed by atoms with Crippen molar-refractivity contribution in [1.29, 1.82) is 0 Å². The summed E-state index contributed by atoms with van der Waals surface area (Å²) in [5.41, 5.74) is 0.860. The van der Waals surface area contributed by atoms with Gasteiger partial charge in [0.1, 0.15) is 5.75 Å². The number of nitrogens with zero attached hydrogens (tertiary/aromatic N) is 1. The highest BCUT2D eigenvalue weighted by Crippen LogP contribution is 2.43. The highest BCUT2D eigenvalue weighted by Gasteiger charge is 2.33. The maximum atomic E-state index is 13.5. The molecule has 4 rings (SSSR count). The quantitative estimate of drug-likeness (QED) is 0.574. The van der Waals surface area contributed by atoms with E-state index in [1.165, 1.54) is 0 Å². The number of halogens is 2. The normalized spacial score (nSPS) is 15.2. The second-order valence-electron chi connectivity index (χ2n) is 7.72. The van der Waals surface area contributed by atoms with E-state index < -0.39 is 39.4 Å². The molecule has 2 aromatic carbocycles. The number of hydrogen-bond acceptors (Lipinski definition) is 5. The van der Waals surface area contributed by atoms with Crippen LogP contribution in [0.25, 0.3) is 0 Å². The number of carbonyl (C=O) groups is 3. The summed E-state index contributed by atoms with van der Waals surface area (Å²) in [6.07, 6.45) is 4.10. The number of aryl methyl sites for hydroxylation is 1. The number of benzene rings is 2. The smallest absolute Gasteiger partial charge is 0.338 e. The monoisotopic (exact) mass is 463 g/mol. The molecule has 0 atom stereocenters. The van der Waals surface area contributed by atoms with Gasteiger partial charge in [0.2, 0.25) is 0 Å². The van der Waals surface area contributed by atoms with Crippen molar-refractivity contribution < 1.29 is 29.7 Å². The van der Waals surface area contributed by atoms with E-state index >= 15 is 0 Å².